The molecule has 2 N–H and O–H groups in total. The molecule has 0 unspecified atom stereocenters. The normalized spacial score (nSPS) is 14.0. The summed E-state index contributed by atoms with van der Waals surface area (Å²) in [4.78, 5) is 23.1. The van der Waals surface area contributed by atoms with E-state index >= 15 is 0 Å². The van der Waals surface area contributed by atoms with Gasteiger partial charge in [-0.25, -0.2) is 9.97 Å². The number of amides is 1. The predicted octanol–water partition coefficient (Wildman–Crippen LogP) is 5.61. The van der Waals surface area contributed by atoms with Crippen LogP contribution in [0, 0.1) is 0 Å². The van der Waals surface area contributed by atoms with Crippen LogP contribution in [0.25, 0.3) is 33.4 Å². The van der Waals surface area contributed by atoms with Crippen molar-refractivity contribution in [2.45, 2.75) is 25.8 Å². The van der Waals surface area contributed by atoms with Gasteiger partial charge in [0, 0.05) is 43.0 Å². The van der Waals surface area contributed by atoms with E-state index in [-0.39, 0.29) is 11.9 Å². The van der Waals surface area contributed by atoms with Crippen molar-refractivity contribution in [3.63, 3.8) is 0 Å². The molecule has 1 amide bonds. The molecule has 0 atom stereocenters. The minimum Gasteiger partial charge on any atom is -0.457 e. The highest BCUT2D eigenvalue weighted by Crippen LogP contribution is 2.42. The second-order valence-corrected chi connectivity index (χ2v) is 10.2. The van der Waals surface area contributed by atoms with E-state index in [2.05, 4.69) is 22.7 Å². The molecule has 1 saturated heterocycles. The highest BCUT2D eigenvalue weighted by molar-refractivity contribution is 6.07. The van der Waals surface area contributed by atoms with E-state index in [0.29, 0.717) is 24.5 Å². The Morgan fingerprint density at radius 3 is 2.40 bits per heavy atom. The van der Waals surface area contributed by atoms with E-state index in [1.54, 1.807) is 6.92 Å². The molecular formula is C31H31N7O2. The summed E-state index contributed by atoms with van der Waals surface area (Å²) in [6, 6.07) is 17.9. The van der Waals surface area contributed by atoms with Crippen LogP contribution in [0.15, 0.2) is 85.5 Å². The maximum Gasteiger partial charge on any atom is 0.248 e. The number of nitrogens with two attached hydrogens (primary N) is 1. The van der Waals surface area contributed by atoms with Gasteiger partial charge in [0.15, 0.2) is 0 Å². The lowest BCUT2D eigenvalue weighted by Crippen LogP contribution is -2.39. The number of ether oxygens (including phenoxy) is 1. The fourth-order valence-corrected chi connectivity index (χ4v) is 5.47. The summed E-state index contributed by atoms with van der Waals surface area (Å²) in [5, 5.41) is 5.55. The molecule has 1 aliphatic heterocycles. The number of carbonyl (C=O) groups is 1. The number of aromatic nitrogens is 5. The fraction of sp³-hybridized carbons (Fsp3) is 0.226. The number of likely N-dealkylation sites (tertiary alicyclic amines) is 1. The van der Waals surface area contributed by atoms with Crippen molar-refractivity contribution in [3.8, 4) is 33.9 Å². The number of piperidine rings is 1. The van der Waals surface area contributed by atoms with E-state index in [0.717, 1.165) is 57.8 Å². The number of hydrogen-bond acceptors (Lipinski definition) is 6. The van der Waals surface area contributed by atoms with E-state index in [4.69, 9.17) is 15.6 Å². The van der Waals surface area contributed by atoms with E-state index < -0.39 is 0 Å². The molecule has 40 heavy (non-hydrogen) atoms. The molecule has 5 aromatic rings. The molecule has 1 fully saturated rings. The number of para-hydroxylation sites is 1. The van der Waals surface area contributed by atoms with Gasteiger partial charge in [-0.05, 0) is 49.6 Å². The lowest BCUT2D eigenvalue weighted by Gasteiger charge is -2.32. The van der Waals surface area contributed by atoms with Gasteiger partial charge in [0.2, 0.25) is 5.91 Å². The van der Waals surface area contributed by atoms with Crippen molar-refractivity contribution >= 4 is 22.8 Å². The van der Waals surface area contributed by atoms with Gasteiger partial charge in [-0.3, -0.25) is 9.48 Å². The van der Waals surface area contributed by atoms with E-state index in [1.807, 2.05) is 82.0 Å². The Kier molecular flexibility index (Phi) is 6.55. The van der Waals surface area contributed by atoms with Crippen molar-refractivity contribution in [2.24, 2.45) is 7.05 Å². The first-order chi connectivity index (χ1) is 19.4. The van der Waals surface area contributed by atoms with Crippen LogP contribution in [0.2, 0.25) is 0 Å². The van der Waals surface area contributed by atoms with Crippen LogP contribution in [0.1, 0.15) is 25.8 Å². The first-order valence-corrected chi connectivity index (χ1v) is 13.3. The second kappa shape index (κ2) is 10.3. The Hall–Kier alpha value is -4.92. The number of anilines is 1. The van der Waals surface area contributed by atoms with Crippen LogP contribution in [0.3, 0.4) is 0 Å². The minimum absolute atomic E-state index is 0.0265. The number of carbonyl (C=O) groups excluding carboxylic acids is 1. The highest BCUT2D eigenvalue weighted by Gasteiger charge is 2.27. The largest absolute Gasteiger partial charge is 0.457 e. The zero-order valence-corrected chi connectivity index (χ0v) is 22.6. The SMILES string of the molecule is C=C(C)C(=O)N1CCC(n2cc(-c3c(-c4ccc(Oc5ccccc5)cc4)c4c(N)ncnc4n3C)cn2)CC1. The average molecular weight is 534 g/mol. The highest BCUT2D eigenvalue weighted by atomic mass is 16.5. The molecule has 0 bridgehead atoms. The Labute approximate surface area is 232 Å². The maximum atomic E-state index is 12.3. The Morgan fingerprint density at radius 1 is 1.00 bits per heavy atom. The summed E-state index contributed by atoms with van der Waals surface area (Å²) in [5.41, 5.74) is 11.6. The molecule has 1 aliphatic rings. The van der Waals surface area contributed by atoms with Crippen molar-refractivity contribution < 1.29 is 9.53 Å². The van der Waals surface area contributed by atoms with Crippen molar-refractivity contribution in [2.75, 3.05) is 18.8 Å². The van der Waals surface area contributed by atoms with Crippen LogP contribution in [0.5, 0.6) is 11.5 Å². The van der Waals surface area contributed by atoms with E-state index in [9.17, 15) is 4.79 Å². The van der Waals surface area contributed by atoms with Gasteiger partial charge >= 0.3 is 0 Å². The fourth-order valence-electron chi connectivity index (χ4n) is 5.47. The predicted molar refractivity (Wildman–Crippen MR) is 156 cm³/mol. The summed E-state index contributed by atoms with van der Waals surface area (Å²) >= 11 is 0. The Bertz CT molecular complexity index is 1700. The number of benzene rings is 2. The van der Waals surface area contributed by atoms with Gasteiger partial charge < -0.3 is 19.9 Å². The molecule has 0 saturated carbocycles. The van der Waals surface area contributed by atoms with Gasteiger partial charge in [-0.1, -0.05) is 36.9 Å². The second-order valence-electron chi connectivity index (χ2n) is 10.2. The van der Waals surface area contributed by atoms with Gasteiger partial charge in [-0.2, -0.15) is 5.10 Å². The number of nitrogens with zero attached hydrogens (tertiary/aromatic N) is 6. The molecule has 9 nitrogen and oxygen atoms in total. The third kappa shape index (κ3) is 4.59. The van der Waals surface area contributed by atoms with Gasteiger partial charge in [0.1, 0.15) is 29.3 Å². The molecule has 6 rings (SSSR count). The summed E-state index contributed by atoms with van der Waals surface area (Å²) < 4.78 is 10.1. The number of rotatable bonds is 6. The average Bonchev–Trinajstić information content (AvgIpc) is 3.57. The van der Waals surface area contributed by atoms with Gasteiger partial charge in [0.05, 0.1) is 23.3 Å². The number of nitrogen functional groups attached to an aromatic ring is 1. The summed E-state index contributed by atoms with van der Waals surface area (Å²) in [5.74, 6) is 1.97. The Morgan fingerprint density at radius 2 is 1.70 bits per heavy atom. The molecule has 202 valence electrons. The van der Waals surface area contributed by atoms with Crippen molar-refractivity contribution in [1.82, 2.24) is 29.2 Å². The first-order valence-electron chi connectivity index (χ1n) is 13.3. The molecule has 4 heterocycles. The lowest BCUT2D eigenvalue weighted by atomic mass is 10.00. The molecule has 0 aliphatic carbocycles. The van der Waals surface area contributed by atoms with Gasteiger partial charge in [0.25, 0.3) is 0 Å². The molecule has 0 radical (unpaired) electrons. The molecule has 9 heteroatoms. The van der Waals surface area contributed by atoms with Crippen LogP contribution < -0.4 is 10.5 Å². The van der Waals surface area contributed by atoms with Crippen LogP contribution in [-0.2, 0) is 11.8 Å². The topological polar surface area (TPSA) is 104 Å². The quantitative estimate of drug-likeness (QED) is 0.285. The molecule has 0 spiro atoms. The monoisotopic (exact) mass is 533 g/mol. The Balaban J connectivity index is 1.35. The molecule has 2 aromatic carbocycles. The lowest BCUT2D eigenvalue weighted by molar-refractivity contribution is -0.128. The first kappa shape index (κ1) is 25.4. The summed E-state index contributed by atoms with van der Waals surface area (Å²) in [7, 11) is 1.99. The zero-order chi connectivity index (χ0) is 27.8. The number of hydrogen-bond donors (Lipinski definition) is 1. The van der Waals surface area contributed by atoms with Crippen molar-refractivity contribution in [1.29, 1.82) is 0 Å². The number of fused-ring (bicyclic) bond motifs is 1. The van der Waals surface area contributed by atoms with Crippen LogP contribution in [-0.4, -0.2) is 48.2 Å². The van der Waals surface area contributed by atoms with E-state index in [1.165, 1.54) is 6.33 Å². The minimum atomic E-state index is 0.0265. The van der Waals surface area contributed by atoms with Crippen LogP contribution in [0.4, 0.5) is 5.82 Å². The third-order valence-corrected chi connectivity index (χ3v) is 7.48. The molecular weight excluding hydrogens is 502 g/mol. The van der Waals surface area contributed by atoms with Crippen LogP contribution >= 0.6 is 0 Å². The smallest absolute Gasteiger partial charge is 0.248 e. The zero-order valence-electron chi connectivity index (χ0n) is 22.6. The third-order valence-electron chi connectivity index (χ3n) is 7.48. The number of aryl methyl sites for hydroxylation is 1. The molecule has 3 aromatic heterocycles. The maximum absolute atomic E-state index is 12.3. The standard InChI is InChI=1S/C31H31N7O2/c1-20(2)31(39)37-15-13-23(14-16-37)38-18-22(17-35-38)28-26(27-29(32)33-19-34-30(27)36(28)3)21-9-11-25(12-10-21)40-24-7-5-4-6-8-24/h4-12,17-19,23H,1,13-16H2,2-3H3,(H2,32,33,34). The summed E-state index contributed by atoms with van der Waals surface area (Å²) in [6.45, 7) is 6.94. The summed E-state index contributed by atoms with van der Waals surface area (Å²) in [6.07, 6.45) is 7.13. The van der Waals surface area contributed by atoms with Crippen molar-refractivity contribution in [3.05, 3.63) is 85.5 Å². The van der Waals surface area contributed by atoms with Gasteiger partial charge in [-0.15, -0.1) is 0 Å².